The Balaban J connectivity index is 0.00000161. The largest absolute Gasteiger partial charge is 0.451 e. The van der Waals surface area contributed by atoms with E-state index in [-0.39, 0.29) is 24.4 Å². The van der Waals surface area contributed by atoms with E-state index in [9.17, 15) is 4.79 Å². The van der Waals surface area contributed by atoms with Crippen LogP contribution in [0.2, 0.25) is 0 Å². The molecule has 114 valence electrons. The number of nitrogens with one attached hydrogen (secondary N) is 1. The van der Waals surface area contributed by atoms with Crippen LogP contribution in [0.4, 0.5) is 0 Å². The highest BCUT2D eigenvalue weighted by atomic mass is 79.9. The lowest BCUT2D eigenvalue weighted by Crippen LogP contribution is -2.57. The minimum atomic E-state index is -0.0295. The number of carbonyl (C=O) groups excluding carboxylic acids is 1. The van der Waals surface area contributed by atoms with Gasteiger partial charge in [-0.2, -0.15) is 0 Å². The molecule has 1 saturated heterocycles. The zero-order valence-corrected chi connectivity index (χ0v) is 14.3. The molecule has 1 aromatic carbocycles. The number of halogens is 2. The zero-order valence-electron chi connectivity index (χ0n) is 11.9. The average Bonchev–Trinajstić information content (AvgIpc) is 2.84. The fourth-order valence-electron chi connectivity index (χ4n) is 2.60. The highest BCUT2D eigenvalue weighted by Gasteiger charge is 2.30. The minimum absolute atomic E-state index is 0. The van der Waals surface area contributed by atoms with E-state index < -0.39 is 0 Å². The molecular weight excluding hydrogens is 356 g/mol. The number of amides is 1. The van der Waals surface area contributed by atoms with E-state index in [1.54, 1.807) is 0 Å². The molecule has 2 unspecified atom stereocenters. The van der Waals surface area contributed by atoms with Crippen molar-refractivity contribution in [2.75, 3.05) is 13.1 Å². The monoisotopic (exact) mass is 372 g/mol. The first-order chi connectivity index (χ1) is 9.56. The Morgan fingerprint density at radius 1 is 1.38 bits per heavy atom. The van der Waals surface area contributed by atoms with Gasteiger partial charge in [0.05, 0.1) is 0 Å². The van der Waals surface area contributed by atoms with Gasteiger partial charge in [-0.15, -0.1) is 12.4 Å². The highest BCUT2D eigenvalue weighted by molar-refractivity contribution is 9.10. The van der Waals surface area contributed by atoms with E-state index >= 15 is 0 Å². The summed E-state index contributed by atoms with van der Waals surface area (Å²) < 4.78 is 6.67. The number of hydrogen-bond acceptors (Lipinski definition) is 3. The Morgan fingerprint density at radius 3 is 2.90 bits per heavy atom. The zero-order chi connectivity index (χ0) is 14.3. The molecule has 0 spiro atoms. The molecule has 4 nitrogen and oxygen atoms in total. The molecule has 0 saturated carbocycles. The summed E-state index contributed by atoms with van der Waals surface area (Å²) in [7, 11) is 0. The molecule has 1 amide bonds. The van der Waals surface area contributed by atoms with Crippen molar-refractivity contribution in [3.63, 3.8) is 0 Å². The maximum absolute atomic E-state index is 12.6. The van der Waals surface area contributed by atoms with Crippen LogP contribution in [0.5, 0.6) is 0 Å². The number of nitrogens with zero attached hydrogens (tertiary/aromatic N) is 1. The van der Waals surface area contributed by atoms with E-state index in [0.29, 0.717) is 18.3 Å². The predicted molar refractivity (Wildman–Crippen MR) is 89.1 cm³/mol. The second kappa shape index (κ2) is 6.38. The molecule has 2 atom stereocenters. The van der Waals surface area contributed by atoms with Crippen LogP contribution in [0, 0.1) is 0 Å². The summed E-state index contributed by atoms with van der Waals surface area (Å²) in [6, 6.07) is 8.03. The molecule has 6 heteroatoms. The van der Waals surface area contributed by atoms with Crippen molar-refractivity contribution < 1.29 is 9.21 Å². The van der Waals surface area contributed by atoms with Crippen LogP contribution in [0.1, 0.15) is 24.4 Å². The van der Waals surface area contributed by atoms with Gasteiger partial charge in [0.1, 0.15) is 5.58 Å². The Labute approximate surface area is 138 Å². The van der Waals surface area contributed by atoms with Crippen molar-refractivity contribution >= 4 is 45.2 Å². The van der Waals surface area contributed by atoms with Crippen LogP contribution in [0.15, 0.2) is 33.2 Å². The van der Waals surface area contributed by atoms with Crippen LogP contribution < -0.4 is 5.32 Å². The van der Waals surface area contributed by atoms with Crippen molar-refractivity contribution in [1.82, 2.24) is 10.2 Å². The van der Waals surface area contributed by atoms with Crippen molar-refractivity contribution in [2.45, 2.75) is 25.9 Å². The molecule has 2 aromatic rings. The molecule has 1 fully saturated rings. The van der Waals surface area contributed by atoms with Crippen LogP contribution in [-0.4, -0.2) is 36.0 Å². The van der Waals surface area contributed by atoms with Gasteiger partial charge < -0.3 is 14.6 Å². The molecule has 0 bridgehead atoms. The minimum Gasteiger partial charge on any atom is -0.451 e. The van der Waals surface area contributed by atoms with Crippen molar-refractivity contribution in [2.24, 2.45) is 0 Å². The van der Waals surface area contributed by atoms with Crippen LogP contribution in [0.3, 0.4) is 0 Å². The number of hydrogen-bond donors (Lipinski definition) is 1. The smallest absolute Gasteiger partial charge is 0.289 e. The van der Waals surface area contributed by atoms with Gasteiger partial charge >= 0.3 is 0 Å². The molecular formula is C15H18BrClN2O2. The van der Waals surface area contributed by atoms with E-state index in [4.69, 9.17) is 4.42 Å². The molecule has 0 radical (unpaired) electrons. The second-order valence-corrected chi connectivity index (χ2v) is 6.19. The van der Waals surface area contributed by atoms with E-state index in [1.165, 1.54) is 0 Å². The Kier molecular flexibility index (Phi) is 4.96. The van der Waals surface area contributed by atoms with Gasteiger partial charge in [0, 0.05) is 35.0 Å². The van der Waals surface area contributed by atoms with E-state index in [0.717, 1.165) is 22.0 Å². The number of carbonyl (C=O) groups is 1. The Morgan fingerprint density at radius 2 is 2.14 bits per heavy atom. The van der Waals surface area contributed by atoms with Gasteiger partial charge in [-0.3, -0.25) is 4.79 Å². The van der Waals surface area contributed by atoms with Gasteiger partial charge in [0.15, 0.2) is 5.76 Å². The highest BCUT2D eigenvalue weighted by Crippen LogP contribution is 2.25. The third kappa shape index (κ3) is 3.10. The third-order valence-electron chi connectivity index (χ3n) is 3.98. The first kappa shape index (κ1) is 16.3. The van der Waals surface area contributed by atoms with Gasteiger partial charge in [-0.25, -0.2) is 0 Å². The number of benzene rings is 1. The van der Waals surface area contributed by atoms with Crippen molar-refractivity contribution in [3.8, 4) is 0 Å². The Bertz CT molecular complexity index is 658. The summed E-state index contributed by atoms with van der Waals surface area (Å²) in [6.45, 7) is 5.70. The average molecular weight is 374 g/mol. The van der Waals surface area contributed by atoms with Gasteiger partial charge in [-0.05, 0) is 38.1 Å². The van der Waals surface area contributed by atoms with Crippen molar-refractivity contribution in [3.05, 3.63) is 34.5 Å². The molecule has 21 heavy (non-hydrogen) atoms. The topological polar surface area (TPSA) is 45.5 Å². The maximum atomic E-state index is 12.6. The van der Waals surface area contributed by atoms with E-state index in [2.05, 4.69) is 35.1 Å². The lowest BCUT2D eigenvalue weighted by atomic mass is 10.1. The first-order valence-electron chi connectivity index (χ1n) is 6.80. The summed E-state index contributed by atoms with van der Waals surface area (Å²) >= 11 is 3.43. The number of piperazine rings is 1. The standard InChI is InChI=1S/C15H17BrN2O2.ClH/c1-9-10(2)18(6-5-17-9)15(19)14-8-11-7-12(16)3-4-13(11)20-14;/h3-4,7-10,17H,5-6H2,1-2H3;1H. The summed E-state index contributed by atoms with van der Waals surface area (Å²) in [5.41, 5.74) is 0.743. The second-order valence-electron chi connectivity index (χ2n) is 5.27. The number of furan rings is 1. The maximum Gasteiger partial charge on any atom is 0.289 e. The number of rotatable bonds is 1. The van der Waals surface area contributed by atoms with Crippen molar-refractivity contribution in [1.29, 1.82) is 0 Å². The number of fused-ring (bicyclic) bond motifs is 1. The third-order valence-corrected chi connectivity index (χ3v) is 4.48. The quantitative estimate of drug-likeness (QED) is 0.833. The molecule has 0 aliphatic carbocycles. The molecule has 1 aromatic heterocycles. The summed E-state index contributed by atoms with van der Waals surface area (Å²) in [4.78, 5) is 14.5. The van der Waals surface area contributed by atoms with Gasteiger partial charge in [0.25, 0.3) is 5.91 Å². The predicted octanol–water partition coefficient (Wildman–Crippen LogP) is 3.44. The summed E-state index contributed by atoms with van der Waals surface area (Å²) in [5, 5.41) is 4.31. The van der Waals surface area contributed by atoms with Crippen LogP contribution in [-0.2, 0) is 0 Å². The lowest BCUT2D eigenvalue weighted by Gasteiger charge is -2.38. The fourth-order valence-corrected chi connectivity index (χ4v) is 2.98. The first-order valence-corrected chi connectivity index (χ1v) is 7.59. The fraction of sp³-hybridized carbons (Fsp3) is 0.400. The summed E-state index contributed by atoms with van der Waals surface area (Å²) in [6.07, 6.45) is 0. The van der Waals surface area contributed by atoms with Crippen LogP contribution >= 0.6 is 28.3 Å². The summed E-state index contributed by atoms with van der Waals surface area (Å²) in [5.74, 6) is 0.386. The van der Waals surface area contributed by atoms with E-state index in [1.807, 2.05) is 29.2 Å². The Hall–Kier alpha value is -1.04. The van der Waals surface area contributed by atoms with Gasteiger partial charge in [-0.1, -0.05) is 15.9 Å². The SMILES string of the molecule is CC1NCCN(C(=O)c2cc3cc(Br)ccc3o2)C1C.Cl. The molecule has 2 heterocycles. The normalized spacial score (nSPS) is 22.1. The van der Waals surface area contributed by atoms with Crippen LogP contribution in [0.25, 0.3) is 11.0 Å². The lowest BCUT2D eigenvalue weighted by molar-refractivity contribution is 0.0573. The molecule has 1 N–H and O–H groups in total. The molecule has 1 aliphatic heterocycles. The molecule has 1 aliphatic rings. The van der Waals surface area contributed by atoms with Gasteiger partial charge in [0.2, 0.25) is 0 Å². The molecule has 3 rings (SSSR count).